The molecule has 1 aromatic rings. The van der Waals surface area contributed by atoms with Gasteiger partial charge in [-0.15, -0.1) is 0 Å². The molecule has 0 aliphatic carbocycles. The van der Waals surface area contributed by atoms with E-state index < -0.39 is 0 Å². The van der Waals surface area contributed by atoms with Crippen LogP contribution in [0.15, 0.2) is 24.5 Å². The van der Waals surface area contributed by atoms with E-state index in [1.807, 2.05) is 6.07 Å². The van der Waals surface area contributed by atoms with Crippen LogP contribution < -0.4 is 0 Å². The summed E-state index contributed by atoms with van der Waals surface area (Å²) in [6.07, 6.45) is 4.60. The average Bonchev–Trinajstić information content (AvgIpc) is 1.90. The minimum absolute atomic E-state index is 0.840. The van der Waals surface area contributed by atoms with Gasteiger partial charge in [0.05, 0.1) is 0 Å². The Kier molecular flexibility index (Phi) is 1.42. The predicted molar refractivity (Wildman–Crippen MR) is 31.9 cm³/mol. The molecule has 0 aromatic carbocycles. The van der Waals surface area contributed by atoms with E-state index in [0.29, 0.717) is 0 Å². The predicted octanol–water partition coefficient (Wildman–Crippen LogP) is 1.40. The highest BCUT2D eigenvalue weighted by molar-refractivity contribution is 5.42. The lowest BCUT2D eigenvalue weighted by Crippen LogP contribution is -1.70. The van der Waals surface area contributed by atoms with E-state index in [0.717, 1.165) is 5.56 Å². The van der Waals surface area contributed by atoms with Gasteiger partial charge in [-0.3, -0.25) is 4.98 Å². The molecule has 38 valence electrons. The molecule has 0 aliphatic heterocycles. The van der Waals surface area contributed by atoms with E-state index in [9.17, 15) is 0 Å². The summed E-state index contributed by atoms with van der Waals surface area (Å²) in [4.78, 5) is 3.80. The Balaban J connectivity index is 2.99. The van der Waals surface area contributed by atoms with Crippen LogP contribution in [0.2, 0.25) is 0 Å². The van der Waals surface area contributed by atoms with E-state index in [1.54, 1.807) is 18.5 Å². The van der Waals surface area contributed by atoms with Gasteiger partial charge in [0.25, 0.3) is 0 Å². The molecule has 1 heteroatoms. The van der Waals surface area contributed by atoms with Gasteiger partial charge in [-0.25, -0.2) is 0 Å². The zero-order valence-electron chi connectivity index (χ0n) is 4.33. The number of rotatable bonds is 1. The quantitative estimate of drug-likeness (QED) is 0.523. The first-order valence-corrected chi connectivity index (χ1v) is 2.34. The number of nitrogens with zero attached hydrogens (tertiary/aromatic N) is 1. The van der Waals surface area contributed by atoms with Crippen molar-refractivity contribution in [3.05, 3.63) is 36.7 Å². The van der Waals surface area contributed by atoms with Crippen LogP contribution in [0.4, 0.5) is 0 Å². The van der Waals surface area contributed by atoms with Crippen molar-refractivity contribution in [2.24, 2.45) is 0 Å². The van der Waals surface area contributed by atoms with Gasteiger partial charge in [0, 0.05) is 12.4 Å². The number of hydrogen-bond donors (Lipinski definition) is 0. The lowest BCUT2D eigenvalue weighted by molar-refractivity contribution is 1.32. The second-order valence-corrected chi connectivity index (χ2v) is 1.43. The van der Waals surface area contributed by atoms with Gasteiger partial charge in [-0.2, -0.15) is 0 Å². The number of aromatic nitrogens is 1. The normalized spacial score (nSPS) is 8.50. The summed E-state index contributed by atoms with van der Waals surface area (Å²) in [5.74, 6) is 0. The summed E-state index contributed by atoms with van der Waals surface area (Å²) >= 11 is 0. The second kappa shape index (κ2) is 2.26. The van der Waals surface area contributed by atoms with Gasteiger partial charge in [0.15, 0.2) is 0 Å². The fraction of sp³-hybridized carbons (Fsp3) is 0. The van der Waals surface area contributed by atoms with Crippen molar-refractivity contribution >= 4 is 6.08 Å². The molecule has 0 atom stereocenters. The summed E-state index contributed by atoms with van der Waals surface area (Å²) in [6.45, 7) is 6.78. The van der Waals surface area contributed by atoms with Gasteiger partial charge >= 0.3 is 0 Å². The summed E-state index contributed by atoms with van der Waals surface area (Å²) in [5, 5.41) is 0. The maximum absolute atomic E-state index is 6.78. The van der Waals surface area contributed by atoms with E-state index in [4.69, 9.17) is 6.58 Å². The third kappa shape index (κ3) is 0.936. The molecule has 0 fully saturated rings. The minimum atomic E-state index is 0.840. The van der Waals surface area contributed by atoms with Crippen LogP contribution in [0.1, 0.15) is 5.56 Å². The molecular weight excluding hydrogens is 98.1 g/mol. The fourth-order valence-corrected chi connectivity index (χ4v) is 0.461. The van der Waals surface area contributed by atoms with Gasteiger partial charge < -0.3 is 0 Å². The molecular formula is C7H5N. The first-order chi connectivity index (χ1) is 3.93. The highest BCUT2D eigenvalue weighted by Crippen LogP contribution is 1.94. The molecule has 0 bridgehead atoms. The maximum Gasteiger partial charge on any atom is 0.0340 e. The Hall–Kier alpha value is -1.11. The highest BCUT2D eigenvalue weighted by Gasteiger charge is 1.77. The van der Waals surface area contributed by atoms with Crippen molar-refractivity contribution in [1.29, 1.82) is 0 Å². The molecule has 1 rings (SSSR count). The summed E-state index contributed by atoms with van der Waals surface area (Å²) in [6, 6.07) is 3.64. The zero-order chi connectivity index (χ0) is 5.82. The molecule has 0 N–H and O–H groups in total. The first kappa shape index (κ1) is 5.04. The first-order valence-electron chi connectivity index (χ1n) is 2.34. The fourth-order valence-electron chi connectivity index (χ4n) is 0.461. The molecule has 0 amide bonds. The molecule has 0 saturated heterocycles. The molecule has 0 spiro atoms. The molecule has 1 nitrogen and oxygen atoms in total. The van der Waals surface area contributed by atoms with Gasteiger partial charge in [-0.1, -0.05) is 6.07 Å². The van der Waals surface area contributed by atoms with E-state index in [2.05, 4.69) is 4.98 Å². The molecule has 8 heavy (non-hydrogen) atoms. The zero-order valence-corrected chi connectivity index (χ0v) is 4.33. The molecule has 0 saturated carbocycles. The van der Waals surface area contributed by atoms with Crippen LogP contribution in [0.5, 0.6) is 0 Å². The largest absolute Gasteiger partial charge is 0.264 e. The lowest BCUT2D eigenvalue weighted by atomic mass is 10.3. The number of hydrogen-bond acceptors (Lipinski definition) is 1. The monoisotopic (exact) mass is 103 g/mol. The highest BCUT2D eigenvalue weighted by atomic mass is 14.6. The van der Waals surface area contributed by atoms with Gasteiger partial charge in [-0.05, 0) is 24.3 Å². The Morgan fingerprint density at radius 3 is 2.88 bits per heavy atom. The van der Waals surface area contributed by atoms with Gasteiger partial charge in [0.2, 0.25) is 0 Å². The topological polar surface area (TPSA) is 12.9 Å². The Morgan fingerprint density at radius 2 is 2.50 bits per heavy atom. The maximum atomic E-state index is 6.78. The third-order valence-corrected chi connectivity index (χ3v) is 0.851. The van der Waals surface area contributed by atoms with Crippen molar-refractivity contribution < 1.29 is 0 Å². The lowest BCUT2D eigenvalue weighted by Gasteiger charge is -1.84. The summed E-state index contributed by atoms with van der Waals surface area (Å²) in [5.41, 5.74) is 0.840. The Bertz CT molecular complexity index is 167. The van der Waals surface area contributed by atoms with E-state index in [1.165, 1.54) is 6.08 Å². The summed E-state index contributed by atoms with van der Waals surface area (Å²) < 4.78 is 0. The Morgan fingerprint density at radius 1 is 1.62 bits per heavy atom. The minimum Gasteiger partial charge on any atom is -0.264 e. The van der Waals surface area contributed by atoms with Crippen LogP contribution in [-0.2, 0) is 0 Å². The van der Waals surface area contributed by atoms with Crippen molar-refractivity contribution in [1.82, 2.24) is 4.98 Å². The van der Waals surface area contributed by atoms with Crippen molar-refractivity contribution in [2.75, 3.05) is 0 Å². The molecule has 0 unspecified atom stereocenters. The van der Waals surface area contributed by atoms with Crippen molar-refractivity contribution in [2.45, 2.75) is 0 Å². The standard InChI is InChI=1S/C7H5N/c1-2-7-4-3-5-8-6-7/h2-6H. The number of pyridine rings is 1. The van der Waals surface area contributed by atoms with Gasteiger partial charge in [0.1, 0.15) is 0 Å². The van der Waals surface area contributed by atoms with Crippen LogP contribution >= 0.6 is 0 Å². The third-order valence-electron chi connectivity index (χ3n) is 0.851. The van der Waals surface area contributed by atoms with Crippen LogP contribution in [0.3, 0.4) is 0 Å². The van der Waals surface area contributed by atoms with Crippen molar-refractivity contribution in [3.8, 4) is 0 Å². The van der Waals surface area contributed by atoms with Crippen LogP contribution in [0, 0.1) is 6.58 Å². The van der Waals surface area contributed by atoms with Crippen LogP contribution in [-0.4, -0.2) is 4.98 Å². The molecule has 1 aromatic heterocycles. The summed E-state index contributed by atoms with van der Waals surface area (Å²) in [7, 11) is 0. The smallest absolute Gasteiger partial charge is 0.0340 e. The van der Waals surface area contributed by atoms with Crippen molar-refractivity contribution in [3.63, 3.8) is 0 Å². The SMILES string of the molecule is [C]=Cc1cccnc1. The van der Waals surface area contributed by atoms with Crippen LogP contribution in [0.25, 0.3) is 6.08 Å². The van der Waals surface area contributed by atoms with E-state index >= 15 is 0 Å². The Labute approximate surface area is 48.7 Å². The molecule has 1 heterocycles. The van der Waals surface area contributed by atoms with E-state index in [-0.39, 0.29) is 0 Å². The second-order valence-electron chi connectivity index (χ2n) is 1.43. The molecule has 2 radical (unpaired) electrons. The molecule has 0 aliphatic rings. The average molecular weight is 103 g/mol.